The fraction of sp³-hybridized carbons (Fsp3) is 0.136. The average Bonchev–Trinajstić information content (AvgIpc) is 2.73. The maximum Gasteiger partial charge on any atom is 0.331 e. The normalized spacial score (nSPS) is 15.2. The number of hydrogen-bond acceptors (Lipinski definition) is 5. The Morgan fingerprint density at radius 2 is 1.90 bits per heavy atom. The van der Waals surface area contributed by atoms with Crippen LogP contribution in [0.2, 0.25) is 5.02 Å². The molecule has 0 bridgehead atoms. The van der Waals surface area contributed by atoms with E-state index in [1.54, 1.807) is 12.1 Å². The molecule has 8 heteroatoms. The summed E-state index contributed by atoms with van der Waals surface area (Å²) in [6, 6.07) is 11.9. The molecule has 154 valence electrons. The highest BCUT2D eigenvalue weighted by Crippen LogP contribution is 2.37. The van der Waals surface area contributed by atoms with E-state index in [0.29, 0.717) is 17.1 Å². The van der Waals surface area contributed by atoms with Gasteiger partial charge in [0.1, 0.15) is 12.2 Å². The first-order valence-electron chi connectivity index (χ1n) is 8.98. The zero-order valence-electron chi connectivity index (χ0n) is 16.2. The molecule has 4 amide bonds. The second-order valence-corrected chi connectivity index (χ2v) is 6.74. The number of hydrogen-bond donors (Lipinski definition) is 1. The van der Waals surface area contributed by atoms with Gasteiger partial charge in [0.25, 0.3) is 11.8 Å². The van der Waals surface area contributed by atoms with Crippen molar-refractivity contribution < 1.29 is 23.9 Å². The van der Waals surface area contributed by atoms with Gasteiger partial charge in [-0.05, 0) is 29.3 Å². The SMILES string of the molecule is C=CCN1C(=O)NC(=O)C(=Cc2cc(Cl)c(OCc3ccccc3)c(OC)c2)C1=O. The number of imide groups is 2. The van der Waals surface area contributed by atoms with Crippen LogP contribution < -0.4 is 14.8 Å². The smallest absolute Gasteiger partial charge is 0.331 e. The topological polar surface area (TPSA) is 84.9 Å². The summed E-state index contributed by atoms with van der Waals surface area (Å²) in [4.78, 5) is 37.4. The van der Waals surface area contributed by atoms with Crippen molar-refractivity contribution >= 4 is 35.5 Å². The molecular formula is C22H19ClN2O5. The number of methoxy groups -OCH3 is 1. The van der Waals surface area contributed by atoms with E-state index < -0.39 is 17.8 Å². The number of urea groups is 1. The van der Waals surface area contributed by atoms with Gasteiger partial charge in [0.05, 0.1) is 12.1 Å². The number of amides is 4. The maximum atomic E-state index is 12.5. The highest BCUT2D eigenvalue weighted by Gasteiger charge is 2.35. The molecule has 0 saturated carbocycles. The molecule has 0 aliphatic carbocycles. The molecule has 1 N–H and O–H groups in total. The third-order valence-corrected chi connectivity index (χ3v) is 4.57. The molecular weight excluding hydrogens is 408 g/mol. The van der Waals surface area contributed by atoms with Crippen molar-refractivity contribution in [3.63, 3.8) is 0 Å². The lowest BCUT2D eigenvalue weighted by Gasteiger charge is -2.25. The molecule has 3 rings (SSSR count). The minimum absolute atomic E-state index is 0.0222. The van der Waals surface area contributed by atoms with Crippen LogP contribution in [0.15, 0.2) is 60.7 Å². The number of nitrogens with zero attached hydrogens (tertiary/aromatic N) is 1. The van der Waals surface area contributed by atoms with Crippen molar-refractivity contribution in [1.82, 2.24) is 10.2 Å². The van der Waals surface area contributed by atoms with Crippen molar-refractivity contribution in [1.29, 1.82) is 0 Å². The van der Waals surface area contributed by atoms with Gasteiger partial charge in [0.2, 0.25) is 0 Å². The van der Waals surface area contributed by atoms with Crippen molar-refractivity contribution in [2.75, 3.05) is 13.7 Å². The number of carbonyl (C=O) groups excluding carboxylic acids is 3. The first-order valence-corrected chi connectivity index (χ1v) is 9.36. The zero-order valence-corrected chi connectivity index (χ0v) is 16.9. The van der Waals surface area contributed by atoms with E-state index in [1.807, 2.05) is 30.3 Å². The Labute approximate surface area is 178 Å². The third-order valence-electron chi connectivity index (χ3n) is 4.29. The quantitative estimate of drug-likeness (QED) is 0.415. The predicted octanol–water partition coefficient (Wildman–Crippen LogP) is 3.58. The zero-order chi connectivity index (χ0) is 21.7. The van der Waals surface area contributed by atoms with Crippen LogP contribution in [0.1, 0.15) is 11.1 Å². The van der Waals surface area contributed by atoms with Crippen LogP contribution in [-0.2, 0) is 16.2 Å². The van der Waals surface area contributed by atoms with Crippen LogP contribution in [0.3, 0.4) is 0 Å². The van der Waals surface area contributed by atoms with E-state index in [2.05, 4.69) is 11.9 Å². The van der Waals surface area contributed by atoms with Crippen molar-refractivity contribution in [3.8, 4) is 11.5 Å². The second-order valence-electron chi connectivity index (χ2n) is 6.33. The van der Waals surface area contributed by atoms with E-state index in [0.717, 1.165) is 10.5 Å². The Hall–Kier alpha value is -3.58. The van der Waals surface area contributed by atoms with Crippen LogP contribution in [0.4, 0.5) is 4.79 Å². The van der Waals surface area contributed by atoms with Gasteiger partial charge >= 0.3 is 6.03 Å². The Bertz CT molecular complexity index is 1030. The fourth-order valence-corrected chi connectivity index (χ4v) is 3.12. The number of halogens is 1. The molecule has 2 aromatic rings. The highest BCUT2D eigenvalue weighted by atomic mass is 35.5. The number of rotatable bonds is 7. The molecule has 0 aromatic heterocycles. The summed E-state index contributed by atoms with van der Waals surface area (Å²) in [6.07, 6.45) is 2.74. The van der Waals surface area contributed by atoms with Crippen LogP contribution in [0.25, 0.3) is 6.08 Å². The predicted molar refractivity (Wildman–Crippen MR) is 112 cm³/mol. The number of barbiturate groups is 1. The molecule has 1 aliphatic rings. The molecule has 1 fully saturated rings. The Balaban J connectivity index is 1.90. The first kappa shape index (κ1) is 21.1. The Morgan fingerprint density at radius 1 is 1.17 bits per heavy atom. The lowest BCUT2D eigenvalue weighted by molar-refractivity contribution is -0.129. The molecule has 1 aliphatic heterocycles. The van der Waals surface area contributed by atoms with Crippen LogP contribution in [-0.4, -0.2) is 36.4 Å². The van der Waals surface area contributed by atoms with Gasteiger partial charge < -0.3 is 9.47 Å². The van der Waals surface area contributed by atoms with Gasteiger partial charge in [-0.2, -0.15) is 0 Å². The van der Waals surface area contributed by atoms with Crippen LogP contribution >= 0.6 is 11.6 Å². The van der Waals surface area contributed by atoms with Crippen molar-refractivity contribution in [2.24, 2.45) is 0 Å². The van der Waals surface area contributed by atoms with Gasteiger partial charge in [0.15, 0.2) is 11.5 Å². The van der Waals surface area contributed by atoms with Gasteiger partial charge in [-0.3, -0.25) is 19.8 Å². The summed E-state index contributed by atoms with van der Waals surface area (Å²) in [5, 5.41) is 2.38. The molecule has 30 heavy (non-hydrogen) atoms. The Kier molecular flexibility index (Phi) is 6.54. The molecule has 0 radical (unpaired) electrons. The van der Waals surface area contributed by atoms with Crippen LogP contribution in [0.5, 0.6) is 11.5 Å². The van der Waals surface area contributed by atoms with Gasteiger partial charge in [-0.25, -0.2) is 4.79 Å². The monoisotopic (exact) mass is 426 g/mol. The lowest BCUT2D eigenvalue weighted by atomic mass is 10.1. The van der Waals surface area contributed by atoms with E-state index in [9.17, 15) is 14.4 Å². The molecule has 0 spiro atoms. The highest BCUT2D eigenvalue weighted by molar-refractivity contribution is 6.33. The summed E-state index contributed by atoms with van der Waals surface area (Å²) in [6.45, 7) is 3.78. The summed E-state index contributed by atoms with van der Waals surface area (Å²) in [5.74, 6) is -0.825. The summed E-state index contributed by atoms with van der Waals surface area (Å²) in [7, 11) is 1.46. The molecule has 1 saturated heterocycles. The largest absolute Gasteiger partial charge is 0.493 e. The molecule has 0 unspecified atom stereocenters. The molecule has 0 atom stereocenters. The Morgan fingerprint density at radius 3 is 2.57 bits per heavy atom. The second kappa shape index (κ2) is 9.28. The van der Waals surface area contributed by atoms with Crippen LogP contribution in [0, 0.1) is 0 Å². The molecule has 7 nitrogen and oxygen atoms in total. The summed E-state index contributed by atoms with van der Waals surface area (Å²) in [5.41, 5.74) is 1.20. The van der Waals surface area contributed by atoms with Gasteiger partial charge in [0, 0.05) is 6.54 Å². The number of ether oxygens (including phenoxy) is 2. The maximum absolute atomic E-state index is 12.5. The number of carbonyl (C=O) groups is 3. The van der Waals surface area contributed by atoms with E-state index in [4.69, 9.17) is 21.1 Å². The third kappa shape index (κ3) is 4.52. The minimum atomic E-state index is -0.790. The average molecular weight is 427 g/mol. The van der Waals surface area contributed by atoms with Crippen molar-refractivity contribution in [3.05, 3.63) is 76.8 Å². The number of benzene rings is 2. The minimum Gasteiger partial charge on any atom is -0.493 e. The molecule has 1 heterocycles. The first-order chi connectivity index (χ1) is 14.4. The molecule has 2 aromatic carbocycles. The standard InChI is InChI=1S/C22H19ClN2O5/c1-3-9-25-21(27)16(20(26)24-22(25)28)10-15-11-17(23)19(18(12-15)29-2)30-13-14-7-5-4-6-8-14/h3-8,10-12H,1,9,13H2,2H3,(H,24,26,28). The van der Waals surface area contributed by atoms with Gasteiger partial charge in [-0.1, -0.05) is 48.0 Å². The number of nitrogens with one attached hydrogen (secondary N) is 1. The van der Waals surface area contributed by atoms with E-state index in [1.165, 1.54) is 19.3 Å². The lowest BCUT2D eigenvalue weighted by Crippen LogP contribution is -2.54. The van der Waals surface area contributed by atoms with Gasteiger partial charge in [-0.15, -0.1) is 6.58 Å². The van der Waals surface area contributed by atoms with E-state index in [-0.39, 0.29) is 23.7 Å². The fourth-order valence-electron chi connectivity index (χ4n) is 2.85. The van der Waals surface area contributed by atoms with Crippen molar-refractivity contribution in [2.45, 2.75) is 6.61 Å². The summed E-state index contributed by atoms with van der Waals surface area (Å²) < 4.78 is 11.2. The summed E-state index contributed by atoms with van der Waals surface area (Å²) >= 11 is 6.37. The van der Waals surface area contributed by atoms with E-state index >= 15 is 0 Å².